The third-order valence-electron chi connectivity index (χ3n) is 5.03. The van der Waals surface area contributed by atoms with Gasteiger partial charge in [-0.3, -0.25) is 23.2 Å². The van der Waals surface area contributed by atoms with Crippen LogP contribution in [0.25, 0.3) is 11.2 Å². The van der Waals surface area contributed by atoms with Gasteiger partial charge in [0.05, 0.1) is 25.0 Å². The number of rotatable bonds is 7. The number of aromatic nitrogens is 6. The van der Waals surface area contributed by atoms with Gasteiger partial charge in [-0.25, -0.2) is 14.8 Å². The molecule has 0 spiro atoms. The molecule has 34 heavy (non-hydrogen) atoms. The number of nitrogens with one attached hydrogen (secondary N) is 2. The molecule has 1 aliphatic heterocycles. The maximum absolute atomic E-state index is 12.3. The zero-order valence-electron chi connectivity index (χ0n) is 18.1. The first kappa shape index (κ1) is 26.3. The fourth-order valence-corrected chi connectivity index (χ4v) is 4.27. The number of aromatic amines is 1. The first-order chi connectivity index (χ1) is 15.7. The van der Waals surface area contributed by atoms with Gasteiger partial charge in [0, 0.05) is 19.4 Å². The molecular formula is C16H20N8NaO8P. The summed E-state index contributed by atoms with van der Waals surface area (Å²) in [5, 5.41) is 13.2. The number of anilines is 1. The Balaban J connectivity index is 0.00000324. The Morgan fingerprint density at radius 2 is 2.21 bits per heavy atom. The molecule has 1 amide bonds. The number of carbonyl (C=O) groups excluding carboxylic acids is 1. The number of nitrogen functional groups attached to an aromatic ring is 1. The Morgan fingerprint density at radius 3 is 2.88 bits per heavy atom. The van der Waals surface area contributed by atoms with E-state index in [-0.39, 0.29) is 53.3 Å². The van der Waals surface area contributed by atoms with E-state index in [1.807, 2.05) is 0 Å². The number of imidazole rings is 2. The number of aliphatic hydroxyl groups excluding tert-OH is 1. The maximum Gasteiger partial charge on any atom is 1.00 e. The monoisotopic (exact) mass is 506 g/mol. The molecule has 0 bridgehead atoms. The van der Waals surface area contributed by atoms with Gasteiger partial charge in [0.1, 0.15) is 19.0 Å². The molecule has 3 aromatic rings. The van der Waals surface area contributed by atoms with Crippen LogP contribution in [0.5, 0.6) is 0 Å². The molecule has 16 nitrogen and oxygen atoms in total. The standard InChI is InChI=1S/C16H21N8O8P.Na/c1-18-16(27)30-4-8-9(5-31-33(28,29)23-3-2-19-6-23)32-14(11(8)25)24-7-20-10-12(24)21-15(17)22-13(10)26;/h2-3,6-9,11,14,25H,4-5H2,1H3,(H,18,27)(H,28,29)(H3,17,21,22,26);/q;+1/p-1/t8-,9-,11-,14-;/m1./s1. The van der Waals surface area contributed by atoms with Crippen LogP contribution in [-0.4, -0.2) is 72.5 Å². The van der Waals surface area contributed by atoms with Crippen LogP contribution < -0.4 is 51.1 Å². The quantitative estimate of drug-likeness (QED) is 0.175. The summed E-state index contributed by atoms with van der Waals surface area (Å²) in [6, 6.07) is 0. The van der Waals surface area contributed by atoms with Crippen molar-refractivity contribution in [2.75, 3.05) is 26.0 Å². The topological polar surface area (TPSA) is 225 Å². The number of nitrogens with two attached hydrogens (primary N) is 1. The van der Waals surface area contributed by atoms with Gasteiger partial charge in [-0.1, -0.05) is 0 Å². The molecule has 18 heteroatoms. The molecule has 1 fully saturated rings. The second-order valence-corrected chi connectivity index (χ2v) is 8.71. The van der Waals surface area contributed by atoms with E-state index in [1.54, 1.807) is 0 Å². The minimum atomic E-state index is -4.54. The number of fused-ring (bicyclic) bond motifs is 1. The average Bonchev–Trinajstić information content (AvgIpc) is 3.50. The second-order valence-electron chi connectivity index (χ2n) is 7.05. The molecule has 178 valence electrons. The summed E-state index contributed by atoms with van der Waals surface area (Å²) in [4.78, 5) is 49.9. The Kier molecular flexibility index (Phi) is 8.15. The van der Waals surface area contributed by atoms with E-state index >= 15 is 0 Å². The van der Waals surface area contributed by atoms with E-state index in [4.69, 9.17) is 19.7 Å². The van der Waals surface area contributed by atoms with E-state index in [0.29, 0.717) is 0 Å². The van der Waals surface area contributed by atoms with Crippen molar-refractivity contribution in [1.82, 2.24) is 34.2 Å². The largest absolute Gasteiger partial charge is 1.00 e. The van der Waals surface area contributed by atoms with Crippen LogP contribution in [0.3, 0.4) is 0 Å². The molecule has 1 saturated heterocycles. The molecular weight excluding hydrogens is 486 g/mol. The molecule has 0 saturated carbocycles. The Labute approximate surface area is 213 Å². The van der Waals surface area contributed by atoms with Gasteiger partial charge in [0.2, 0.25) is 13.7 Å². The number of ether oxygens (including phenoxy) is 2. The number of aliphatic hydroxyl groups is 1. The molecule has 5 atom stereocenters. The minimum Gasteiger partial charge on any atom is -0.761 e. The summed E-state index contributed by atoms with van der Waals surface area (Å²) in [5.41, 5.74) is 5.03. The summed E-state index contributed by atoms with van der Waals surface area (Å²) in [6.45, 7) is -0.820. The van der Waals surface area contributed by atoms with Gasteiger partial charge in [-0.15, -0.1) is 0 Å². The summed E-state index contributed by atoms with van der Waals surface area (Å²) in [6.07, 6.45) is 0.479. The van der Waals surface area contributed by atoms with Crippen molar-refractivity contribution in [3.05, 3.63) is 35.4 Å². The van der Waals surface area contributed by atoms with E-state index in [0.717, 1.165) is 10.7 Å². The normalized spacial score (nSPS) is 23.9. The van der Waals surface area contributed by atoms with Crippen LogP contribution in [0, 0.1) is 5.92 Å². The molecule has 5 N–H and O–H groups in total. The van der Waals surface area contributed by atoms with Crippen molar-refractivity contribution in [2.24, 2.45) is 5.92 Å². The van der Waals surface area contributed by atoms with E-state index in [1.165, 1.54) is 30.3 Å². The first-order valence-corrected chi connectivity index (χ1v) is 11.1. The zero-order valence-corrected chi connectivity index (χ0v) is 21.0. The van der Waals surface area contributed by atoms with E-state index in [9.17, 15) is 24.2 Å². The first-order valence-electron chi connectivity index (χ1n) is 9.56. The van der Waals surface area contributed by atoms with Crippen molar-refractivity contribution in [3.8, 4) is 0 Å². The van der Waals surface area contributed by atoms with Crippen molar-refractivity contribution in [1.29, 1.82) is 0 Å². The zero-order chi connectivity index (χ0) is 23.8. The van der Waals surface area contributed by atoms with Gasteiger partial charge >= 0.3 is 35.7 Å². The number of nitrogens with zero attached hydrogens (tertiary/aromatic N) is 5. The Bertz CT molecular complexity index is 1250. The fraction of sp³-hybridized carbons (Fsp3) is 0.438. The van der Waals surface area contributed by atoms with Gasteiger partial charge in [0.25, 0.3) is 5.56 Å². The number of alkyl carbamates (subject to hydrolysis) is 1. The summed E-state index contributed by atoms with van der Waals surface area (Å²) < 4.78 is 30.4. The summed E-state index contributed by atoms with van der Waals surface area (Å²) in [5.74, 6) is -1.07. The van der Waals surface area contributed by atoms with Crippen LogP contribution >= 0.6 is 7.75 Å². The van der Waals surface area contributed by atoms with E-state index < -0.39 is 50.4 Å². The number of hydrogen-bond acceptors (Lipinski definition) is 12. The van der Waals surface area contributed by atoms with Gasteiger partial charge in [-0.2, -0.15) is 4.98 Å². The van der Waals surface area contributed by atoms with Crippen LogP contribution in [-0.2, 0) is 18.6 Å². The molecule has 1 unspecified atom stereocenters. The molecule has 3 aromatic heterocycles. The van der Waals surface area contributed by atoms with Crippen LogP contribution in [0.1, 0.15) is 6.23 Å². The summed E-state index contributed by atoms with van der Waals surface area (Å²) in [7, 11) is -3.18. The van der Waals surface area contributed by atoms with Crippen molar-refractivity contribution in [3.63, 3.8) is 0 Å². The predicted molar refractivity (Wildman–Crippen MR) is 108 cm³/mol. The van der Waals surface area contributed by atoms with Crippen LogP contribution in [0.4, 0.5) is 10.7 Å². The molecule has 4 rings (SSSR count). The number of H-pyrrole nitrogens is 1. The molecule has 4 heterocycles. The van der Waals surface area contributed by atoms with Gasteiger partial charge < -0.3 is 35.0 Å². The van der Waals surface area contributed by atoms with Crippen molar-refractivity contribution >= 4 is 31.0 Å². The third kappa shape index (κ3) is 5.18. The predicted octanol–water partition coefficient (Wildman–Crippen LogP) is -4.83. The van der Waals surface area contributed by atoms with Crippen molar-refractivity contribution < 1.29 is 62.9 Å². The maximum atomic E-state index is 12.3. The molecule has 0 aromatic carbocycles. The number of carbonyl (C=O) groups is 1. The second kappa shape index (κ2) is 10.5. The average molecular weight is 506 g/mol. The molecule has 0 radical (unpaired) electrons. The fourth-order valence-electron chi connectivity index (χ4n) is 3.40. The molecule has 1 aliphatic rings. The third-order valence-corrected chi connectivity index (χ3v) is 6.31. The number of hydrogen-bond donors (Lipinski definition) is 4. The van der Waals surface area contributed by atoms with Crippen LogP contribution in [0.2, 0.25) is 0 Å². The Hall–Kier alpha value is -2.30. The number of amides is 1. The molecule has 0 aliphatic carbocycles. The Morgan fingerprint density at radius 1 is 1.44 bits per heavy atom. The van der Waals surface area contributed by atoms with Gasteiger partial charge in [0.15, 0.2) is 17.4 Å². The van der Waals surface area contributed by atoms with E-state index in [2.05, 4.69) is 25.3 Å². The smallest absolute Gasteiger partial charge is 0.761 e. The van der Waals surface area contributed by atoms with Crippen molar-refractivity contribution in [2.45, 2.75) is 18.4 Å². The SMILES string of the molecule is CNC(=O)OC[C@H]1[C@@H](O)[C@H](n2cnc3c(=O)[nH]c(N)nc32)O[C@@H]1COP(=O)([O-])n1ccnc1.[Na+]. The van der Waals surface area contributed by atoms with Crippen LogP contribution in [0.15, 0.2) is 29.8 Å². The summed E-state index contributed by atoms with van der Waals surface area (Å²) >= 11 is 0. The minimum absolute atomic E-state index is 0. The van der Waals surface area contributed by atoms with Gasteiger partial charge in [-0.05, 0) is 0 Å².